The van der Waals surface area contributed by atoms with E-state index in [1.165, 1.54) is 17.4 Å². The van der Waals surface area contributed by atoms with Crippen LogP contribution >= 0.6 is 24.0 Å². The number of amides is 1. The number of carbonyl (C=O) groups is 1. The number of hydrogen-bond acceptors (Lipinski definition) is 3. The number of thiophene rings is 1. The predicted molar refractivity (Wildman–Crippen MR) is 69.1 cm³/mol. The summed E-state index contributed by atoms with van der Waals surface area (Å²) < 4.78 is 26.0. The third-order valence-electron chi connectivity index (χ3n) is 2.26. The van der Waals surface area contributed by atoms with Crippen LogP contribution in [0.15, 0.2) is 34.5 Å². The second kappa shape index (κ2) is 5.49. The van der Waals surface area contributed by atoms with E-state index in [0.717, 1.165) is 12.1 Å². The van der Waals surface area contributed by atoms with Crippen molar-refractivity contribution in [3.63, 3.8) is 0 Å². The fourth-order valence-electron chi connectivity index (χ4n) is 1.37. The molecule has 1 aromatic heterocycles. The minimum Gasteiger partial charge on any atom is -0.347 e. The number of carbonyl (C=O) groups excluding carboxylic acids is 1. The van der Waals surface area contributed by atoms with Gasteiger partial charge in [-0.15, -0.1) is 24.0 Å². The predicted octanol–water partition coefficient (Wildman–Crippen LogP) is 3.25. The molecule has 0 spiro atoms. The Balaban J connectivity index is 2.01. The Hall–Kier alpha value is -1.40. The molecule has 2 aromatic rings. The molecule has 1 N–H and O–H groups in total. The van der Waals surface area contributed by atoms with Gasteiger partial charge in [0.15, 0.2) is 0 Å². The highest BCUT2D eigenvalue weighted by Gasteiger charge is 2.09. The van der Waals surface area contributed by atoms with E-state index in [1.54, 1.807) is 11.4 Å². The topological polar surface area (TPSA) is 29.1 Å². The average molecular weight is 285 g/mol. The summed E-state index contributed by atoms with van der Waals surface area (Å²) >= 11 is 5.35. The van der Waals surface area contributed by atoms with Gasteiger partial charge in [0, 0.05) is 28.5 Å². The van der Waals surface area contributed by atoms with Crippen LogP contribution in [0.5, 0.6) is 0 Å². The first-order valence-electron chi connectivity index (χ1n) is 5.06. The van der Waals surface area contributed by atoms with E-state index in [2.05, 4.69) is 17.9 Å². The van der Waals surface area contributed by atoms with Gasteiger partial charge in [-0.1, -0.05) is 6.07 Å². The number of halogens is 2. The van der Waals surface area contributed by atoms with Crippen LogP contribution in [0.4, 0.5) is 8.78 Å². The van der Waals surface area contributed by atoms with Gasteiger partial charge in [0.2, 0.25) is 0 Å². The van der Waals surface area contributed by atoms with Gasteiger partial charge in [0.25, 0.3) is 5.91 Å². The summed E-state index contributed by atoms with van der Waals surface area (Å²) in [5.74, 6) is -1.61. The Kier molecular flexibility index (Phi) is 3.98. The molecule has 0 aliphatic carbocycles. The van der Waals surface area contributed by atoms with Gasteiger partial charge < -0.3 is 5.32 Å². The number of benzene rings is 1. The SMILES string of the molecule is O=C(NCc1ccc(F)cc1F)c1cc(S)cs1. The Morgan fingerprint density at radius 2 is 2.11 bits per heavy atom. The first kappa shape index (κ1) is 13.0. The van der Waals surface area contributed by atoms with E-state index in [-0.39, 0.29) is 18.0 Å². The molecule has 0 aliphatic rings. The quantitative estimate of drug-likeness (QED) is 0.833. The molecule has 0 atom stereocenters. The third kappa shape index (κ3) is 3.08. The Bertz CT molecular complexity index is 583. The molecule has 18 heavy (non-hydrogen) atoms. The minimum absolute atomic E-state index is 0.0186. The molecule has 2 nitrogen and oxygen atoms in total. The van der Waals surface area contributed by atoms with Crippen molar-refractivity contribution in [3.8, 4) is 0 Å². The van der Waals surface area contributed by atoms with Crippen molar-refractivity contribution in [2.24, 2.45) is 0 Å². The lowest BCUT2D eigenvalue weighted by molar-refractivity contribution is 0.0954. The summed E-state index contributed by atoms with van der Waals surface area (Å²) in [5.41, 5.74) is 0.243. The first-order chi connectivity index (χ1) is 8.56. The highest BCUT2D eigenvalue weighted by molar-refractivity contribution is 7.80. The van der Waals surface area contributed by atoms with E-state index in [1.807, 2.05) is 0 Å². The zero-order chi connectivity index (χ0) is 13.1. The van der Waals surface area contributed by atoms with Crippen molar-refractivity contribution < 1.29 is 13.6 Å². The minimum atomic E-state index is -0.670. The Labute approximate surface area is 112 Å². The fourth-order valence-corrected chi connectivity index (χ4v) is 2.44. The smallest absolute Gasteiger partial charge is 0.261 e. The van der Waals surface area contributed by atoms with Crippen molar-refractivity contribution in [1.29, 1.82) is 0 Å². The van der Waals surface area contributed by atoms with Crippen molar-refractivity contribution in [1.82, 2.24) is 5.32 Å². The summed E-state index contributed by atoms with van der Waals surface area (Å²) in [4.78, 5) is 12.9. The van der Waals surface area contributed by atoms with E-state index in [4.69, 9.17) is 0 Å². The maximum absolute atomic E-state index is 13.3. The number of thiol groups is 1. The van der Waals surface area contributed by atoms with Crippen molar-refractivity contribution in [3.05, 3.63) is 51.7 Å². The van der Waals surface area contributed by atoms with Crippen LogP contribution in [0.3, 0.4) is 0 Å². The van der Waals surface area contributed by atoms with E-state index < -0.39 is 11.6 Å². The summed E-state index contributed by atoms with van der Waals surface area (Å²) in [7, 11) is 0. The van der Waals surface area contributed by atoms with Gasteiger partial charge in [0.05, 0.1) is 4.88 Å². The molecule has 0 saturated carbocycles. The van der Waals surface area contributed by atoms with Crippen molar-refractivity contribution >= 4 is 29.9 Å². The molecule has 0 unspecified atom stereocenters. The van der Waals surface area contributed by atoms with E-state index in [9.17, 15) is 13.6 Å². The highest BCUT2D eigenvalue weighted by atomic mass is 32.1. The molecule has 94 valence electrons. The van der Waals surface area contributed by atoms with Crippen LogP contribution in [0, 0.1) is 11.6 Å². The molecule has 6 heteroatoms. The number of nitrogens with one attached hydrogen (secondary N) is 1. The lowest BCUT2D eigenvalue weighted by atomic mass is 10.2. The normalized spacial score (nSPS) is 10.4. The number of hydrogen-bond donors (Lipinski definition) is 2. The molecular formula is C12H9F2NOS2. The van der Waals surface area contributed by atoms with Gasteiger partial charge in [-0.25, -0.2) is 8.78 Å². The fraction of sp³-hybridized carbons (Fsp3) is 0.0833. The molecule has 0 saturated heterocycles. The van der Waals surface area contributed by atoms with Crippen LogP contribution in [-0.2, 0) is 6.54 Å². The lowest BCUT2D eigenvalue weighted by Gasteiger charge is -2.05. The maximum Gasteiger partial charge on any atom is 0.261 e. The molecule has 0 fully saturated rings. The molecule has 2 rings (SSSR count). The maximum atomic E-state index is 13.3. The van der Waals surface area contributed by atoms with Gasteiger partial charge in [-0.2, -0.15) is 0 Å². The first-order valence-corrected chi connectivity index (χ1v) is 6.38. The highest BCUT2D eigenvalue weighted by Crippen LogP contribution is 2.17. The molecule has 1 amide bonds. The molecule has 0 radical (unpaired) electrons. The molecular weight excluding hydrogens is 276 g/mol. The lowest BCUT2D eigenvalue weighted by Crippen LogP contribution is -2.22. The molecule has 0 aliphatic heterocycles. The Morgan fingerprint density at radius 1 is 1.33 bits per heavy atom. The third-order valence-corrected chi connectivity index (χ3v) is 3.63. The zero-order valence-corrected chi connectivity index (χ0v) is 10.8. The van der Waals surface area contributed by atoms with Gasteiger partial charge in [0.1, 0.15) is 11.6 Å². The van der Waals surface area contributed by atoms with Crippen LogP contribution in [0.25, 0.3) is 0 Å². The zero-order valence-electron chi connectivity index (χ0n) is 9.11. The summed E-state index contributed by atoms with van der Waals surface area (Å²) in [6.45, 7) is 0.0186. The second-order valence-electron chi connectivity index (χ2n) is 3.59. The largest absolute Gasteiger partial charge is 0.347 e. The van der Waals surface area contributed by atoms with Crippen LogP contribution in [0.1, 0.15) is 15.2 Å². The van der Waals surface area contributed by atoms with Gasteiger partial charge >= 0.3 is 0 Å². The van der Waals surface area contributed by atoms with Crippen molar-refractivity contribution in [2.75, 3.05) is 0 Å². The molecule has 0 bridgehead atoms. The van der Waals surface area contributed by atoms with Gasteiger partial charge in [-0.05, 0) is 12.1 Å². The monoisotopic (exact) mass is 285 g/mol. The van der Waals surface area contributed by atoms with Gasteiger partial charge in [-0.3, -0.25) is 4.79 Å². The van der Waals surface area contributed by atoms with E-state index in [0.29, 0.717) is 9.77 Å². The summed E-state index contributed by atoms with van der Waals surface area (Å²) in [6.07, 6.45) is 0. The molecule has 1 heterocycles. The summed E-state index contributed by atoms with van der Waals surface area (Å²) in [6, 6.07) is 4.88. The van der Waals surface area contributed by atoms with Crippen molar-refractivity contribution in [2.45, 2.75) is 11.4 Å². The van der Waals surface area contributed by atoms with E-state index >= 15 is 0 Å². The summed E-state index contributed by atoms with van der Waals surface area (Å²) in [5, 5.41) is 4.30. The standard InChI is InChI=1S/C12H9F2NOS2/c13-8-2-1-7(10(14)3-8)5-15-12(16)11-4-9(17)6-18-11/h1-4,6,17H,5H2,(H,15,16). The van der Waals surface area contributed by atoms with Crippen LogP contribution in [0.2, 0.25) is 0 Å². The Morgan fingerprint density at radius 3 is 2.72 bits per heavy atom. The average Bonchev–Trinajstić information content (AvgIpc) is 2.74. The second-order valence-corrected chi connectivity index (χ2v) is 5.02. The molecule has 1 aromatic carbocycles. The van der Waals surface area contributed by atoms with Crippen LogP contribution in [-0.4, -0.2) is 5.91 Å². The number of rotatable bonds is 3. The van der Waals surface area contributed by atoms with Crippen LogP contribution < -0.4 is 5.32 Å².